The number of esters is 1. The molecule has 37 heavy (non-hydrogen) atoms. The Hall–Kier alpha value is -1.24. The van der Waals surface area contributed by atoms with Gasteiger partial charge in [-0.15, -0.1) is 23.2 Å². The van der Waals surface area contributed by atoms with Gasteiger partial charge >= 0.3 is 21.2 Å². The lowest BCUT2D eigenvalue weighted by atomic mass is 10.1. The lowest BCUT2D eigenvalue weighted by Gasteiger charge is -2.29. The number of anilines is 1. The minimum Gasteiger partial charge on any atom is -0.454 e. The highest BCUT2D eigenvalue weighted by molar-refractivity contribution is 7.72. The highest BCUT2D eigenvalue weighted by atomic mass is 35.5. The maximum Gasteiger partial charge on any atom is 0.369 e. The van der Waals surface area contributed by atoms with Gasteiger partial charge < -0.3 is 45.4 Å². The van der Waals surface area contributed by atoms with Gasteiger partial charge in [-0.25, -0.2) is 0 Å². The first-order valence-corrected chi connectivity index (χ1v) is 15.4. The maximum atomic E-state index is 12.1. The Morgan fingerprint density at radius 2 is 1.57 bits per heavy atom. The summed E-state index contributed by atoms with van der Waals surface area (Å²) in [4.78, 5) is 62.3. The molecule has 1 aromatic rings. The van der Waals surface area contributed by atoms with Crippen LogP contribution in [-0.4, -0.2) is 85.7 Å². The molecule has 1 rings (SSSR count). The Labute approximate surface area is 224 Å². The summed E-state index contributed by atoms with van der Waals surface area (Å²) in [6.07, 6.45) is -0.899. The van der Waals surface area contributed by atoms with Crippen LogP contribution in [0, 0.1) is 0 Å². The molecule has 0 fully saturated rings. The van der Waals surface area contributed by atoms with Crippen molar-refractivity contribution in [3.63, 3.8) is 0 Å². The molecular weight excluding hydrogens is 575 g/mol. The van der Waals surface area contributed by atoms with Gasteiger partial charge in [-0.05, 0) is 43.4 Å². The summed E-state index contributed by atoms with van der Waals surface area (Å²) >= 11 is 11.6. The number of amides is 1. The van der Waals surface area contributed by atoms with E-state index in [4.69, 9.17) is 53.2 Å². The fourth-order valence-corrected chi connectivity index (χ4v) is 5.89. The number of alkyl halides is 2. The zero-order valence-corrected chi connectivity index (χ0v) is 23.2. The molecule has 0 aliphatic carbocycles. The number of carbonyl (C=O) groups is 2. The molecule has 13 nitrogen and oxygen atoms in total. The minimum absolute atomic E-state index is 0.0325. The van der Waals surface area contributed by atoms with Crippen LogP contribution in [0.3, 0.4) is 0 Å². The number of benzene rings is 1. The monoisotopic (exact) mass is 607 g/mol. The Bertz CT molecular complexity index is 946. The molecule has 212 valence electrons. The zero-order valence-electron chi connectivity index (χ0n) is 19.9. The number of ether oxygens (including phenoxy) is 1. The number of unbranched alkanes of at least 4 members (excludes halogenated alkanes) is 1. The molecule has 0 unspecified atom stereocenters. The van der Waals surface area contributed by atoms with E-state index in [0.29, 0.717) is 24.8 Å². The van der Waals surface area contributed by atoms with Crippen LogP contribution in [0.4, 0.5) is 5.69 Å². The SMILES string of the molecule is N[C@@H](Cc1ccc(N(CCCl)CCCl)cc1)C(=O)OCC(=O)NCCCCC(O)(P(=O)(O)O)P(=O)(O)O. The van der Waals surface area contributed by atoms with E-state index in [0.717, 1.165) is 11.3 Å². The third-order valence-electron chi connectivity index (χ3n) is 5.31. The van der Waals surface area contributed by atoms with E-state index < -0.39 is 51.2 Å². The van der Waals surface area contributed by atoms with Gasteiger partial charge in [-0.1, -0.05) is 12.1 Å². The highest BCUT2D eigenvalue weighted by Gasteiger charge is 2.58. The number of rotatable bonds is 17. The van der Waals surface area contributed by atoms with Crippen molar-refractivity contribution in [2.45, 2.75) is 36.8 Å². The molecule has 1 amide bonds. The predicted octanol–water partition coefficient (Wildman–Crippen LogP) is 0.672. The molecule has 0 saturated heterocycles. The molecule has 0 spiro atoms. The van der Waals surface area contributed by atoms with E-state index in [1.165, 1.54) is 0 Å². The van der Waals surface area contributed by atoms with Gasteiger partial charge in [-0.2, -0.15) is 0 Å². The zero-order chi connectivity index (χ0) is 28.3. The van der Waals surface area contributed by atoms with E-state index >= 15 is 0 Å². The fraction of sp³-hybridized carbons (Fsp3) is 0.600. The van der Waals surface area contributed by atoms with Crippen LogP contribution >= 0.6 is 38.4 Å². The van der Waals surface area contributed by atoms with Gasteiger partial charge in [0.05, 0.1) is 0 Å². The Morgan fingerprint density at radius 3 is 2.05 bits per heavy atom. The third kappa shape index (κ3) is 10.8. The molecule has 8 N–H and O–H groups in total. The molecule has 1 atom stereocenters. The number of hydrogen-bond acceptors (Lipinski definition) is 8. The van der Waals surface area contributed by atoms with Crippen LogP contribution in [0.5, 0.6) is 0 Å². The molecule has 0 radical (unpaired) electrons. The van der Waals surface area contributed by atoms with Crippen molar-refractivity contribution in [2.24, 2.45) is 5.73 Å². The minimum atomic E-state index is -5.52. The first-order chi connectivity index (χ1) is 17.2. The molecule has 0 bridgehead atoms. The second kappa shape index (κ2) is 15.4. The summed E-state index contributed by atoms with van der Waals surface area (Å²) in [7, 11) is -11.0. The molecule has 0 saturated carbocycles. The largest absolute Gasteiger partial charge is 0.454 e. The molecule has 17 heteroatoms. The standard InChI is InChI=1S/C20H33Cl2N3O10P2/c21-8-11-25(12-9-22)16-5-3-15(4-6-16)13-17(23)19(27)35-14-18(26)24-10-2-1-7-20(28,36(29,30)31)37(32,33)34/h3-6,17,28H,1-2,7-14,23H2,(H,24,26)(H2,29,30,31)(H2,32,33,34)/t17-/m0/s1. The Kier molecular flexibility index (Phi) is 14.0. The molecule has 1 aromatic carbocycles. The lowest BCUT2D eigenvalue weighted by Crippen LogP contribution is -2.37. The number of nitrogens with two attached hydrogens (primary N) is 1. The van der Waals surface area contributed by atoms with Crippen molar-refractivity contribution in [1.29, 1.82) is 0 Å². The van der Waals surface area contributed by atoms with Crippen LogP contribution in [0.2, 0.25) is 0 Å². The van der Waals surface area contributed by atoms with Crippen LogP contribution in [0.15, 0.2) is 24.3 Å². The van der Waals surface area contributed by atoms with Crippen LogP contribution in [0.1, 0.15) is 24.8 Å². The summed E-state index contributed by atoms with van der Waals surface area (Å²) in [6, 6.07) is 6.33. The van der Waals surface area contributed by atoms with Gasteiger partial charge in [-0.3, -0.25) is 18.7 Å². The average Bonchev–Trinajstić information content (AvgIpc) is 2.81. The number of aliphatic hydroxyl groups is 1. The maximum absolute atomic E-state index is 12.1. The second-order valence-corrected chi connectivity index (χ2v) is 12.9. The average molecular weight is 608 g/mol. The smallest absolute Gasteiger partial charge is 0.369 e. The van der Waals surface area contributed by atoms with Gasteiger partial charge in [0.1, 0.15) is 6.04 Å². The van der Waals surface area contributed by atoms with E-state index in [2.05, 4.69) is 5.32 Å². The van der Waals surface area contributed by atoms with Crippen molar-refractivity contribution in [3.8, 4) is 0 Å². The predicted molar refractivity (Wildman–Crippen MR) is 139 cm³/mol. The molecule has 0 aliphatic rings. The van der Waals surface area contributed by atoms with Gasteiger partial charge in [0.25, 0.3) is 11.0 Å². The Morgan fingerprint density at radius 1 is 1.03 bits per heavy atom. The first kappa shape index (κ1) is 33.8. The summed E-state index contributed by atoms with van der Waals surface area (Å²) in [6.45, 7) is 0.582. The number of carbonyl (C=O) groups excluding carboxylic acids is 2. The van der Waals surface area contributed by atoms with Crippen LogP contribution < -0.4 is 16.0 Å². The lowest BCUT2D eigenvalue weighted by molar-refractivity contribution is -0.149. The van der Waals surface area contributed by atoms with Gasteiger partial charge in [0, 0.05) is 37.1 Å². The first-order valence-electron chi connectivity index (χ1n) is 11.1. The quantitative estimate of drug-likeness (QED) is 0.0562. The van der Waals surface area contributed by atoms with E-state index in [1.54, 1.807) is 0 Å². The number of halogens is 2. The second-order valence-electron chi connectivity index (χ2n) is 8.12. The van der Waals surface area contributed by atoms with Crippen molar-refractivity contribution in [1.82, 2.24) is 5.32 Å². The van der Waals surface area contributed by atoms with Gasteiger partial charge in [0.2, 0.25) is 0 Å². The van der Waals surface area contributed by atoms with Crippen molar-refractivity contribution in [3.05, 3.63) is 29.8 Å². The van der Waals surface area contributed by atoms with Crippen LogP contribution in [-0.2, 0) is 29.9 Å². The Balaban J connectivity index is 2.42. The molecular formula is C20H33Cl2N3O10P2. The third-order valence-corrected chi connectivity index (χ3v) is 9.52. The summed E-state index contributed by atoms with van der Waals surface area (Å²) in [5.74, 6) is -0.582. The highest BCUT2D eigenvalue weighted by Crippen LogP contribution is 2.69. The number of nitrogens with zero attached hydrogens (tertiary/aromatic N) is 1. The normalized spacial score (nSPS) is 13.2. The van der Waals surface area contributed by atoms with Crippen molar-refractivity contribution in [2.75, 3.05) is 42.9 Å². The topological polar surface area (TPSA) is 220 Å². The van der Waals surface area contributed by atoms with Crippen molar-refractivity contribution < 1.29 is 48.1 Å². The molecule has 0 aromatic heterocycles. The van der Waals surface area contributed by atoms with E-state index in [1.807, 2.05) is 29.2 Å². The summed E-state index contributed by atoms with van der Waals surface area (Å²) in [5, 5.41) is 8.66. The van der Waals surface area contributed by atoms with Gasteiger partial charge in [0.15, 0.2) is 6.61 Å². The fourth-order valence-electron chi connectivity index (χ4n) is 3.22. The van der Waals surface area contributed by atoms with E-state index in [9.17, 15) is 23.8 Å². The molecule has 0 aliphatic heterocycles. The van der Waals surface area contributed by atoms with Crippen LogP contribution in [0.25, 0.3) is 0 Å². The molecule has 0 heterocycles. The number of nitrogens with one attached hydrogen (secondary N) is 1. The van der Waals surface area contributed by atoms with Crippen molar-refractivity contribution >= 4 is 56.0 Å². The summed E-state index contributed by atoms with van der Waals surface area (Å²) in [5.41, 5.74) is 7.58. The number of hydrogen-bond donors (Lipinski definition) is 7. The van der Waals surface area contributed by atoms with E-state index in [-0.39, 0.29) is 25.8 Å². The summed E-state index contributed by atoms with van der Waals surface area (Å²) < 4.78 is 27.5.